The third-order valence-electron chi connectivity index (χ3n) is 3.33. The van der Waals surface area contributed by atoms with Crippen molar-refractivity contribution >= 4 is 16.7 Å². The molecule has 0 atom stereocenters. The van der Waals surface area contributed by atoms with Crippen LogP contribution < -0.4 is 15.0 Å². The Bertz CT molecular complexity index is 761. The Morgan fingerprint density at radius 3 is 2.10 bits per heavy atom. The lowest BCUT2D eigenvalue weighted by Gasteiger charge is -2.15. The van der Waals surface area contributed by atoms with Crippen LogP contribution in [0.2, 0.25) is 0 Å². The minimum atomic E-state index is -1.10. The molecule has 1 aromatic heterocycles. The molecule has 21 heavy (non-hydrogen) atoms. The van der Waals surface area contributed by atoms with E-state index in [1.54, 1.807) is 0 Å². The monoisotopic (exact) mass is 291 g/mol. The van der Waals surface area contributed by atoms with E-state index < -0.39 is 5.97 Å². The Morgan fingerprint density at radius 1 is 1.14 bits per heavy atom. The number of aromatic carboxylic acids is 1. The van der Waals surface area contributed by atoms with Gasteiger partial charge in [0, 0.05) is 17.6 Å². The molecule has 0 aliphatic carbocycles. The lowest BCUT2D eigenvalue weighted by molar-refractivity contribution is 0.0698. The third-order valence-corrected chi connectivity index (χ3v) is 3.33. The van der Waals surface area contributed by atoms with Gasteiger partial charge in [-0.3, -0.25) is 4.79 Å². The van der Waals surface area contributed by atoms with Gasteiger partial charge in [0.25, 0.3) is 5.56 Å². The Balaban J connectivity index is 2.97. The van der Waals surface area contributed by atoms with Crippen molar-refractivity contribution in [2.75, 3.05) is 14.2 Å². The normalized spacial score (nSPS) is 10.9. The summed E-state index contributed by atoms with van der Waals surface area (Å²) >= 11 is 0. The quantitative estimate of drug-likeness (QED) is 0.935. The highest BCUT2D eigenvalue weighted by Gasteiger charge is 2.18. The molecule has 0 saturated carbocycles. The van der Waals surface area contributed by atoms with Crippen molar-refractivity contribution in [3.8, 4) is 11.5 Å². The fourth-order valence-electron chi connectivity index (χ4n) is 2.24. The second-order valence-electron chi connectivity index (χ2n) is 4.91. The highest BCUT2D eigenvalue weighted by molar-refractivity contribution is 6.04. The molecular formula is C15H17NO5. The molecular weight excluding hydrogens is 274 g/mol. The molecule has 0 bridgehead atoms. The average Bonchev–Trinajstić information content (AvgIpc) is 2.45. The second kappa shape index (κ2) is 5.47. The molecule has 0 unspecified atom stereocenters. The van der Waals surface area contributed by atoms with Crippen LogP contribution in [0.15, 0.2) is 23.1 Å². The zero-order chi connectivity index (χ0) is 15.7. The summed E-state index contributed by atoms with van der Waals surface area (Å²) in [5.41, 5.74) is -0.204. The first-order chi connectivity index (χ1) is 9.90. The molecule has 0 spiro atoms. The van der Waals surface area contributed by atoms with Crippen LogP contribution in [0.3, 0.4) is 0 Å². The first-order valence-electron chi connectivity index (χ1n) is 6.44. The number of ether oxygens (including phenoxy) is 2. The number of carboxylic acid groups (broad SMARTS) is 1. The van der Waals surface area contributed by atoms with Crippen molar-refractivity contribution in [3.63, 3.8) is 0 Å². The van der Waals surface area contributed by atoms with Crippen molar-refractivity contribution in [3.05, 3.63) is 34.2 Å². The van der Waals surface area contributed by atoms with Crippen LogP contribution in [0, 0.1) is 0 Å². The summed E-state index contributed by atoms with van der Waals surface area (Å²) in [5.74, 6) is -0.323. The topological polar surface area (TPSA) is 77.8 Å². The van der Waals surface area contributed by atoms with Gasteiger partial charge in [-0.05, 0) is 26.0 Å². The summed E-state index contributed by atoms with van der Waals surface area (Å²) in [5, 5.41) is 10.0. The number of carbonyl (C=O) groups is 1. The zero-order valence-corrected chi connectivity index (χ0v) is 12.3. The van der Waals surface area contributed by atoms with Crippen LogP contribution in [-0.2, 0) is 0 Å². The number of methoxy groups -OCH3 is 2. The van der Waals surface area contributed by atoms with E-state index in [9.17, 15) is 14.7 Å². The summed E-state index contributed by atoms with van der Waals surface area (Å²) < 4.78 is 11.7. The molecule has 1 aromatic carbocycles. The number of carboxylic acids is 1. The van der Waals surface area contributed by atoms with Crippen LogP contribution in [-0.4, -0.2) is 29.9 Å². The molecule has 112 valence electrons. The second-order valence-corrected chi connectivity index (χ2v) is 4.91. The molecule has 6 heteroatoms. The van der Waals surface area contributed by atoms with E-state index in [1.165, 1.54) is 37.1 Å². The number of rotatable bonds is 4. The van der Waals surface area contributed by atoms with Gasteiger partial charge in [-0.25, -0.2) is 4.79 Å². The number of aromatic nitrogens is 1. The third kappa shape index (κ3) is 2.44. The summed E-state index contributed by atoms with van der Waals surface area (Å²) in [6, 6.07) is 2.89. The lowest BCUT2D eigenvalue weighted by Crippen LogP contribution is -2.23. The smallest absolute Gasteiger partial charge is 0.337 e. The molecule has 0 aliphatic heterocycles. The highest BCUT2D eigenvalue weighted by atomic mass is 16.5. The van der Waals surface area contributed by atoms with E-state index in [0.29, 0.717) is 22.3 Å². The Hall–Kier alpha value is -2.50. The van der Waals surface area contributed by atoms with Gasteiger partial charge in [-0.2, -0.15) is 0 Å². The predicted molar refractivity (Wildman–Crippen MR) is 78.7 cm³/mol. The summed E-state index contributed by atoms with van der Waals surface area (Å²) in [7, 11) is 2.92. The van der Waals surface area contributed by atoms with Crippen LogP contribution in [0.1, 0.15) is 30.2 Å². The fourth-order valence-corrected chi connectivity index (χ4v) is 2.24. The molecule has 0 fully saturated rings. The SMILES string of the molecule is COc1cc2c(C(=O)O)cn(C(C)C)c(=O)c2cc1OC. The van der Waals surface area contributed by atoms with Crippen molar-refractivity contribution < 1.29 is 19.4 Å². The van der Waals surface area contributed by atoms with Gasteiger partial charge in [0.15, 0.2) is 11.5 Å². The van der Waals surface area contributed by atoms with Gasteiger partial charge in [0.05, 0.1) is 25.2 Å². The van der Waals surface area contributed by atoms with Gasteiger partial charge >= 0.3 is 5.97 Å². The van der Waals surface area contributed by atoms with E-state index in [4.69, 9.17) is 9.47 Å². The number of pyridine rings is 1. The predicted octanol–water partition coefficient (Wildman–Crippen LogP) is 2.30. The van der Waals surface area contributed by atoms with Crippen LogP contribution in [0.25, 0.3) is 10.8 Å². The van der Waals surface area contributed by atoms with Crippen LogP contribution in [0.4, 0.5) is 0 Å². The minimum absolute atomic E-state index is 0.0549. The zero-order valence-electron chi connectivity index (χ0n) is 12.3. The Morgan fingerprint density at radius 2 is 1.67 bits per heavy atom. The van der Waals surface area contributed by atoms with Crippen LogP contribution in [0.5, 0.6) is 11.5 Å². The molecule has 1 heterocycles. The molecule has 6 nitrogen and oxygen atoms in total. The van der Waals surface area contributed by atoms with Crippen molar-refractivity contribution in [1.29, 1.82) is 0 Å². The number of benzene rings is 1. The van der Waals surface area contributed by atoms with E-state index in [2.05, 4.69) is 0 Å². The average molecular weight is 291 g/mol. The van der Waals surface area contributed by atoms with E-state index in [0.717, 1.165) is 0 Å². The number of hydrogen-bond donors (Lipinski definition) is 1. The first kappa shape index (κ1) is 14.9. The highest BCUT2D eigenvalue weighted by Crippen LogP contribution is 2.32. The van der Waals surface area contributed by atoms with Crippen molar-refractivity contribution in [2.24, 2.45) is 0 Å². The maximum absolute atomic E-state index is 12.5. The van der Waals surface area contributed by atoms with E-state index in [-0.39, 0.29) is 17.2 Å². The molecule has 0 radical (unpaired) electrons. The fraction of sp³-hybridized carbons (Fsp3) is 0.333. The summed E-state index contributed by atoms with van der Waals surface area (Å²) in [4.78, 5) is 24.0. The van der Waals surface area contributed by atoms with Gasteiger partial charge in [0.2, 0.25) is 0 Å². The largest absolute Gasteiger partial charge is 0.493 e. The van der Waals surface area contributed by atoms with Crippen molar-refractivity contribution in [2.45, 2.75) is 19.9 Å². The maximum Gasteiger partial charge on any atom is 0.337 e. The molecule has 2 rings (SSSR count). The molecule has 0 aliphatic rings. The van der Waals surface area contributed by atoms with E-state index >= 15 is 0 Å². The molecule has 2 aromatic rings. The maximum atomic E-state index is 12.5. The van der Waals surface area contributed by atoms with Crippen molar-refractivity contribution in [1.82, 2.24) is 4.57 Å². The minimum Gasteiger partial charge on any atom is -0.493 e. The van der Waals surface area contributed by atoms with Gasteiger partial charge in [-0.1, -0.05) is 0 Å². The lowest BCUT2D eigenvalue weighted by atomic mass is 10.1. The standard InChI is InChI=1S/C15H17NO5/c1-8(2)16-7-11(15(18)19)9-5-12(20-3)13(21-4)6-10(9)14(16)17/h5-8H,1-4H3,(H,18,19). The summed E-state index contributed by atoms with van der Waals surface area (Å²) in [6.07, 6.45) is 1.36. The van der Waals surface area contributed by atoms with Gasteiger partial charge in [0.1, 0.15) is 0 Å². The summed E-state index contributed by atoms with van der Waals surface area (Å²) in [6.45, 7) is 3.64. The molecule has 0 saturated heterocycles. The Kier molecular flexibility index (Phi) is 3.88. The Labute approximate surface area is 121 Å². The molecule has 0 amide bonds. The number of nitrogens with zero attached hydrogens (tertiary/aromatic N) is 1. The number of hydrogen-bond acceptors (Lipinski definition) is 4. The van der Waals surface area contributed by atoms with E-state index in [1.807, 2.05) is 13.8 Å². The molecule has 1 N–H and O–H groups in total. The van der Waals surface area contributed by atoms with Crippen LogP contribution >= 0.6 is 0 Å². The first-order valence-corrected chi connectivity index (χ1v) is 6.44. The van der Waals surface area contributed by atoms with Gasteiger partial charge in [-0.15, -0.1) is 0 Å². The van der Waals surface area contributed by atoms with Gasteiger partial charge < -0.3 is 19.1 Å². The number of fused-ring (bicyclic) bond motifs is 1.